The van der Waals surface area contributed by atoms with Gasteiger partial charge in [0.1, 0.15) is 0 Å². The van der Waals surface area contributed by atoms with Crippen LogP contribution in [0.15, 0.2) is 40.2 Å². The van der Waals surface area contributed by atoms with E-state index in [-0.39, 0.29) is 0 Å². The first-order valence-electron chi connectivity index (χ1n) is 8.66. The van der Waals surface area contributed by atoms with E-state index in [1.807, 2.05) is 0 Å². The predicted octanol–water partition coefficient (Wildman–Crippen LogP) is 5.37. The molecule has 0 bridgehead atoms. The van der Waals surface area contributed by atoms with Crippen molar-refractivity contribution in [3.63, 3.8) is 0 Å². The lowest BCUT2D eigenvalue weighted by Crippen LogP contribution is -2.23. The quantitative estimate of drug-likeness (QED) is 0.407. The second-order valence-corrected chi connectivity index (χ2v) is 8.16. The van der Waals surface area contributed by atoms with Crippen LogP contribution in [-0.2, 0) is 0 Å². The Kier molecular flexibility index (Phi) is 7.11. The van der Waals surface area contributed by atoms with Crippen LogP contribution in [0, 0.1) is 0 Å². The Balaban J connectivity index is 1.33. The summed E-state index contributed by atoms with van der Waals surface area (Å²) in [5.74, 6) is 1.40. The summed E-state index contributed by atoms with van der Waals surface area (Å²) in [5.41, 5.74) is 0.706. The molecular formula is C18H22Cl2N4OS. The van der Waals surface area contributed by atoms with E-state index in [2.05, 4.69) is 39.4 Å². The smallest absolute Gasteiger partial charge is 0.276 e. The first-order chi connectivity index (χ1) is 12.6. The summed E-state index contributed by atoms with van der Waals surface area (Å²) in [7, 11) is 2.09. The molecule has 2 aromatic rings. The minimum Gasteiger partial charge on any atom is -0.411 e. The van der Waals surface area contributed by atoms with Crippen molar-refractivity contribution in [1.82, 2.24) is 20.0 Å². The largest absolute Gasteiger partial charge is 0.411 e. The van der Waals surface area contributed by atoms with Crippen molar-refractivity contribution in [1.29, 1.82) is 0 Å². The van der Waals surface area contributed by atoms with Gasteiger partial charge >= 0.3 is 0 Å². The molecule has 140 valence electrons. The van der Waals surface area contributed by atoms with Gasteiger partial charge in [-0.3, -0.25) is 0 Å². The molecule has 0 unspecified atom stereocenters. The molecule has 0 spiro atoms. The van der Waals surface area contributed by atoms with Crippen LogP contribution in [0.2, 0.25) is 10.0 Å². The Bertz CT molecular complexity index is 753. The molecule has 26 heavy (non-hydrogen) atoms. The first kappa shape index (κ1) is 19.4. The zero-order chi connectivity index (χ0) is 18.4. The van der Waals surface area contributed by atoms with Gasteiger partial charge in [0.15, 0.2) is 0 Å². The highest BCUT2D eigenvalue weighted by atomic mass is 35.5. The zero-order valence-corrected chi connectivity index (χ0v) is 17.0. The lowest BCUT2D eigenvalue weighted by Gasteiger charge is -2.17. The molecule has 5 nitrogen and oxygen atoms in total. The van der Waals surface area contributed by atoms with E-state index in [1.54, 1.807) is 30.0 Å². The van der Waals surface area contributed by atoms with Gasteiger partial charge in [-0.05, 0) is 31.0 Å². The molecule has 1 aliphatic heterocycles. The molecule has 1 aliphatic rings. The molecule has 2 heterocycles. The summed E-state index contributed by atoms with van der Waals surface area (Å²) in [4.78, 5) is 4.53. The number of benzene rings is 1. The van der Waals surface area contributed by atoms with Crippen molar-refractivity contribution >= 4 is 35.0 Å². The van der Waals surface area contributed by atoms with Gasteiger partial charge in [0.25, 0.3) is 5.22 Å². The van der Waals surface area contributed by atoms with E-state index in [1.165, 1.54) is 19.3 Å². The van der Waals surface area contributed by atoms with Crippen LogP contribution in [0.25, 0.3) is 11.5 Å². The topological polar surface area (TPSA) is 45.4 Å². The Morgan fingerprint density at radius 2 is 1.96 bits per heavy atom. The minimum absolute atomic E-state index is 0.429. The summed E-state index contributed by atoms with van der Waals surface area (Å²) in [6.45, 7) is 2.13. The molecule has 0 amide bonds. The molecule has 0 saturated heterocycles. The third-order valence-corrected chi connectivity index (χ3v) is 5.52. The van der Waals surface area contributed by atoms with E-state index < -0.39 is 0 Å². The minimum atomic E-state index is 0.429. The zero-order valence-electron chi connectivity index (χ0n) is 14.7. The summed E-state index contributed by atoms with van der Waals surface area (Å²) >= 11 is 13.7. The van der Waals surface area contributed by atoms with Gasteiger partial charge in [-0.2, -0.15) is 0 Å². The van der Waals surface area contributed by atoms with Gasteiger partial charge in [0.2, 0.25) is 5.89 Å². The van der Waals surface area contributed by atoms with Gasteiger partial charge < -0.3 is 14.2 Å². The van der Waals surface area contributed by atoms with Crippen LogP contribution < -0.4 is 0 Å². The number of halogens is 2. The fourth-order valence-corrected chi connectivity index (χ4v) is 3.95. The van der Waals surface area contributed by atoms with E-state index in [9.17, 15) is 0 Å². The maximum atomic E-state index is 6.17. The number of thioether (sulfide) groups is 1. The highest BCUT2D eigenvalue weighted by Gasteiger charge is 2.12. The number of rotatable bonds is 9. The first-order valence-corrected chi connectivity index (χ1v) is 10.4. The number of unbranched alkanes of at least 4 members (excludes halogenated alkanes) is 3. The third-order valence-electron chi connectivity index (χ3n) is 4.07. The van der Waals surface area contributed by atoms with Crippen molar-refractivity contribution < 1.29 is 4.42 Å². The van der Waals surface area contributed by atoms with Crippen LogP contribution in [-0.4, -0.2) is 46.0 Å². The van der Waals surface area contributed by atoms with E-state index in [0.717, 1.165) is 25.4 Å². The van der Waals surface area contributed by atoms with Gasteiger partial charge in [-0.1, -0.05) is 47.8 Å². The monoisotopic (exact) mass is 412 g/mol. The van der Waals surface area contributed by atoms with Crippen LogP contribution >= 0.6 is 35.0 Å². The number of aromatic nitrogens is 2. The van der Waals surface area contributed by atoms with Gasteiger partial charge in [-0.15, -0.1) is 10.2 Å². The Morgan fingerprint density at radius 3 is 2.73 bits per heavy atom. The lowest BCUT2D eigenvalue weighted by molar-refractivity contribution is 0.291. The van der Waals surface area contributed by atoms with Crippen LogP contribution in [0.5, 0.6) is 0 Å². The maximum Gasteiger partial charge on any atom is 0.276 e. The number of hydrogen-bond acceptors (Lipinski definition) is 6. The second-order valence-electron chi connectivity index (χ2n) is 6.27. The molecule has 0 saturated carbocycles. The van der Waals surface area contributed by atoms with E-state index in [4.69, 9.17) is 27.6 Å². The van der Waals surface area contributed by atoms with Crippen molar-refractivity contribution in [2.45, 2.75) is 30.9 Å². The highest BCUT2D eigenvalue weighted by Crippen LogP contribution is 2.31. The fraction of sp³-hybridized carbons (Fsp3) is 0.444. The van der Waals surface area contributed by atoms with Crippen LogP contribution in [0.4, 0.5) is 0 Å². The number of nitrogens with zero attached hydrogens (tertiary/aromatic N) is 4. The predicted molar refractivity (Wildman–Crippen MR) is 107 cm³/mol. The average molecular weight is 413 g/mol. The Labute approximate surface area is 168 Å². The summed E-state index contributed by atoms with van der Waals surface area (Å²) < 4.78 is 5.69. The summed E-state index contributed by atoms with van der Waals surface area (Å²) in [5, 5.41) is 9.83. The van der Waals surface area contributed by atoms with Crippen molar-refractivity contribution in [3.05, 3.63) is 40.6 Å². The molecule has 8 heteroatoms. The third kappa shape index (κ3) is 5.56. The lowest BCUT2D eigenvalue weighted by atomic mass is 10.2. The molecule has 1 aromatic heterocycles. The van der Waals surface area contributed by atoms with Crippen molar-refractivity contribution in [2.75, 3.05) is 26.0 Å². The molecule has 1 aromatic carbocycles. The van der Waals surface area contributed by atoms with Gasteiger partial charge in [0, 0.05) is 36.8 Å². The molecule has 0 atom stereocenters. The van der Waals surface area contributed by atoms with Gasteiger partial charge in [-0.25, -0.2) is 0 Å². The van der Waals surface area contributed by atoms with Gasteiger partial charge in [0.05, 0.1) is 17.3 Å². The SMILES string of the molecule is CN1C=CN(CCCCCCSc2nnc(-c3ccc(Cl)cc3Cl)o2)C1. The molecule has 3 rings (SSSR count). The van der Waals surface area contributed by atoms with E-state index in [0.29, 0.717) is 26.7 Å². The standard InChI is InChI=1S/C18H22Cl2N4OS/c1-23-9-10-24(13-23)8-4-2-3-5-11-26-18-22-21-17(25-18)15-7-6-14(19)12-16(15)20/h6-7,9-10,12H,2-5,8,11,13H2,1H3. The Hall–Kier alpha value is -1.37. The van der Waals surface area contributed by atoms with Crippen molar-refractivity contribution in [2.24, 2.45) is 0 Å². The number of hydrogen-bond donors (Lipinski definition) is 0. The molecular weight excluding hydrogens is 391 g/mol. The highest BCUT2D eigenvalue weighted by molar-refractivity contribution is 7.99. The van der Waals surface area contributed by atoms with Crippen LogP contribution in [0.3, 0.4) is 0 Å². The summed E-state index contributed by atoms with van der Waals surface area (Å²) in [6, 6.07) is 5.22. The average Bonchev–Trinajstić information content (AvgIpc) is 3.23. The molecule has 0 radical (unpaired) electrons. The van der Waals surface area contributed by atoms with E-state index >= 15 is 0 Å². The maximum absolute atomic E-state index is 6.17. The molecule has 0 N–H and O–H groups in total. The summed E-state index contributed by atoms with van der Waals surface area (Å²) in [6.07, 6.45) is 9.10. The fourth-order valence-electron chi connectivity index (χ4n) is 2.70. The normalized spacial score (nSPS) is 13.8. The Morgan fingerprint density at radius 1 is 1.12 bits per heavy atom. The molecule has 0 aliphatic carbocycles. The van der Waals surface area contributed by atoms with Crippen molar-refractivity contribution in [3.8, 4) is 11.5 Å². The molecule has 0 fully saturated rings. The van der Waals surface area contributed by atoms with Crippen LogP contribution in [0.1, 0.15) is 25.7 Å². The second kappa shape index (κ2) is 9.53.